The number of methoxy groups -OCH3 is 1. The molecule has 0 fully saturated rings. The van der Waals surface area contributed by atoms with Gasteiger partial charge in [0.2, 0.25) is 0 Å². The quantitative estimate of drug-likeness (QED) is 0.427. The van der Waals surface area contributed by atoms with E-state index in [-0.39, 0.29) is 11.8 Å². The molecule has 9 heteroatoms. The highest BCUT2D eigenvalue weighted by atomic mass is 32.1. The monoisotopic (exact) mass is 450 g/mol. The molecular weight excluding hydrogens is 432 g/mol. The summed E-state index contributed by atoms with van der Waals surface area (Å²) in [5.74, 6) is -0.120. The minimum absolute atomic E-state index is 0.245. The Bertz CT molecular complexity index is 1220. The Labute approximate surface area is 186 Å². The lowest BCUT2D eigenvalue weighted by molar-refractivity contribution is 0.101. The number of pyridine rings is 1. The highest BCUT2D eigenvalue weighted by Crippen LogP contribution is 2.31. The van der Waals surface area contributed by atoms with Crippen molar-refractivity contribution in [2.75, 3.05) is 17.7 Å². The maximum atomic E-state index is 12.8. The number of hydrogen-bond acceptors (Lipinski definition) is 7. The van der Waals surface area contributed by atoms with Crippen molar-refractivity contribution in [2.24, 2.45) is 0 Å². The van der Waals surface area contributed by atoms with Crippen molar-refractivity contribution in [1.29, 1.82) is 0 Å². The number of carbonyl (C=O) groups excluding carboxylic acids is 2. The number of thiophene rings is 1. The normalized spacial score (nSPS) is 10.5. The van der Waals surface area contributed by atoms with Crippen molar-refractivity contribution >= 4 is 45.9 Å². The molecule has 3 heterocycles. The number of nitrogens with zero attached hydrogens (tertiary/aromatic N) is 2. The van der Waals surface area contributed by atoms with E-state index in [1.54, 1.807) is 47.9 Å². The van der Waals surface area contributed by atoms with Gasteiger partial charge in [-0.2, -0.15) is 11.3 Å². The van der Waals surface area contributed by atoms with Gasteiger partial charge in [0, 0.05) is 35.1 Å². The number of carbonyl (C=O) groups is 2. The lowest BCUT2D eigenvalue weighted by Crippen LogP contribution is -2.14. The third-order valence-electron chi connectivity index (χ3n) is 4.40. The Balaban J connectivity index is 1.50. The zero-order valence-electron chi connectivity index (χ0n) is 16.7. The Hall–Kier alpha value is -3.56. The van der Waals surface area contributed by atoms with Crippen molar-refractivity contribution in [3.8, 4) is 16.3 Å². The first kappa shape index (κ1) is 20.7. The molecule has 0 aliphatic carbocycles. The van der Waals surface area contributed by atoms with Gasteiger partial charge in [-0.05, 0) is 42.6 Å². The molecule has 0 unspecified atom stereocenters. The van der Waals surface area contributed by atoms with E-state index in [2.05, 4.69) is 20.6 Å². The molecule has 31 heavy (non-hydrogen) atoms. The summed E-state index contributed by atoms with van der Waals surface area (Å²) in [6, 6.07) is 10.4. The topological polar surface area (TPSA) is 93.2 Å². The number of aromatic nitrogens is 2. The third kappa shape index (κ3) is 4.62. The number of rotatable bonds is 6. The molecule has 0 aliphatic rings. The fraction of sp³-hybridized carbons (Fsp3) is 0.0909. The molecule has 0 spiro atoms. The molecular formula is C22H18N4O3S2. The summed E-state index contributed by atoms with van der Waals surface area (Å²) in [5, 5.41) is 10.5. The van der Waals surface area contributed by atoms with Gasteiger partial charge in [0.05, 0.1) is 24.1 Å². The molecule has 4 aromatic rings. The first-order chi connectivity index (χ1) is 15.0. The first-order valence-corrected chi connectivity index (χ1v) is 11.0. The minimum Gasteiger partial charge on any atom is -0.494 e. The molecule has 4 rings (SSSR count). The number of nitrogens with one attached hydrogen (secondary N) is 2. The SMILES string of the molecule is COc1cc(NC(=O)c2sc(-c3ccsc3)nc2C)ccc1NC(=O)c1cccnc1. The second-order valence-corrected chi connectivity index (χ2v) is 8.29. The van der Waals surface area contributed by atoms with Gasteiger partial charge in [0.25, 0.3) is 11.8 Å². The van der Waals surface area contributed by atoms with E-state index in [1.807, 2.05) is 23.8 Å². The molecule has 7 nitrogen and oxygen atoms in total. The van der Waals surface area contributed by atoms with Crippen molar-refractivity contribution in [1.82, 2.24) is 9.97 Å². The molecule has 0 atom stereocenters. The highest BCUT2D eigenvalue weighted by molar-refractivity contribution is 7.17. The van der Waals surface area contributed by atoms with Gasteiger partial charge >= 0.3 is 0 Å². The smallest absolute Gasteiger partial charge is 0.267 e. The fourth-order valence-electron chi connectivity index (χ4n) is 2.87. The summed E-state index contributed by atoms with van der Waals surface area (Å²) in [6.45, 7) is 1.82. The average molecular weight is 451 g/mol. The average Bonchev–Trinajstić information content (AvgIpc) is 3.45. The van der Waals surface area contributed by atoms with Crippen molar-refractivity contribution < 1.29 is 14.3 Å². The number of aryl methyl sites for hydroxylation is 1. The van der Waals surface area contributed by atoms with Crippen molar-refractivity contribution in [3.63, 3.8) is 0 Å². The van der Waals surface area contributed by atoms with Crippen LogP contribution in [0.15, 0.2) is 59.6 Å². The minimum atomic E-state index is -0.301. The second-order valence-electron chi connectivity index (χ2n) is 6.51. The second kappa shape index (κ2) is 9.07. The zero-order valence-corrected chi connectivity index (χ0v) is 18.3. The van der Waals surface area contributed by atoms with E-state index >= 15 is 0 Å². The van der Waals surface area contributed by atoms with Crippen LogP contribution in [-0.2, 0) is 0 Å². The van der Waals surface area contributed by atoms with Crippen LogP contribution in [0.25, 0.3) is 10.6 Å². The Kier molecular flexibility index (Phi) is 6.06. The van der Waals surface area contributed by atoms with Crippen LogP contribution in [0.2, 0.25) is 0 Å². The van der Waals surface area contributed by atoms with Crippen LogP contribution in [-0.4, -0.2) is 28.9 Å². The van der Waals surface area contributed by atoms with Crippen LogP contribution in [0.5, 0.6) is 5.75 Å². The number of benzene rings is 1. The van der Waals surface area contributed by atoms with Crippen LogP contribution < -0.4 is 15.4 Å². The summed E-state index contributed by atoms with van der Waals surface area (Å²) >= 11 is 2.94. The number of hydrogen-bond donors (Lipinski definition) is 2. The predicted octanol–water partition coefficient (Wildman–Crippen LogP) is 5.09. The van der Waals surface area contributed by atoms with E-state index in [0.717, 1.165) is 10.6 Å². The van der Waals surface area contributed by atoms with Gasteiger partial charge in [-0.3, -0.25) is 14.6 Å². The van der Waals surface area contributed by atoms with Gasteiger partial charge in [0.1, 0.15) is 15.6 Å². The summed E-state index contributed by atoms with van der Waals surface area (Å²) in [5.41, 5.74) is 3.15. The standard InChI is InChI=1S/C22H18N4O3S2/c1-13-19(31-22(24-13)15-7-9-30-12-15)21(28)25-16-5-6-17(18(10-16)29-2)26-20(27)14-4-3-8-23-11-14/h3-12H,1-2H3,(H,25,28)(H,26,27). The Morgan fingerprint density at radius 3 is 2.68 bits per heavy atom. The predicted molar refractivity (Wildman–Crippen MR) is 123 cm³/mol. The van der Waals surface area contributed by atoms with Crippen molar-refractivity contribution in [2.45, 2.75) is 6.92 Å². The molecule has 156 valence electrons. The first-order valence-electron chi connectivity index (χ1n) is 9.26. The van der Waals surface area contributed by atoms with Crippen LogP contribution in [0.1, 0.15) is 25.7 Å². The van der Waals surface area contributed by atoms with E-state index in [0.29, 0.717) is 33.3 Å². The van der Waals surface area contributed by atoms with Gasteiger partial charge < -0.3 is 15.4 Å². The van der Waals surface area contributed by atoms with Crippen LogP contribution in [0.3, 0.4) is 0 Å². The van der Waals surface area contributed by atoms with Gasteiger partial charge in [-0.25, -0.2) is 4.98 Å². The van der Waals surface area contributed by atoms with Gasteiger partial charge in [-0.1, -0.05) is 0 Å². The molecule has 3 aromatic heterocycles. The van der Waals surface area contributed by atoms with E-state index in [1.165, 1.54) is 24.6 Å². The highest BCUT2D eigenvalue weighted by Gasteiger charge is 2.18. The number of ether oxygens (including phenoxy) is 1. The molecule has 0 radical (unpaired) electrons. The molecule has 0 aliphatic heterocycles. The van der Waals surface area contributed by atoms with Gasteiger partial charge in [-0.15, -0.1) is 11.3 Å². The van der Waals surface area contributed by atoms with Crippen LogP contribution in [0.4, 0.5) is 11.4 Å². The summed E-state index contributed by atoms with van der Waals surface area (Å²) < 4.78 is 5.40. The summed E-state index contributed by atoms with van der Waals surface area (Å²) in [7, 11) is 1.50. The van der Waals surface area contributed by atoms with Crippen LogP contribution >= 0.6 is 22.7 Å². The van der Waals surface area contributed by atoms with Gasteiger partial charge in [0.15, 0.2) is 0 Å². The van der Waals surface area contributed by atoms with Crippen molar-refractivity contribution in [3.05, 3.63) is 75.7 Å². The lowest BCUT2D eigenvalue weighted by atomic mass is 10.2. The number of amides is 2. The molecule has 2 N–H and O–H groups in total. The third-order valence-corrected chi connectivity index (χ3v) is 6.29. The van der Waals surface area contributed by atoms with Crippen LogP contribution in [0, 0.1) is 6.92 Å². The maximum Gasteiger partial charge on any atom is 0.267 e. The van der Waals surface area contributed by atoms with E-state index in [9.17, 15) is 9.59 Å². The maximum absolute atomic E-state index is 12.8. The molecule has 0 bridgehead atoms. The largest absolute Gasteiger partial charge is 0.494 e. The molecule has 2 amide bonds. The lowest BCUT2D eigenvalue weighted by Gasteiger charge is -2.12. The number of thiazole rings is 1. The van der Waals surface area contributed by atoms with E-state index < -0.39 is 0 Å². The molecule has 0 saturated carbocycles. The summed E-state index contributed by atoms with van der Waals surface area (Å²) in [4.78, 5) is 34.2. The summed E-state index contributed by atoms with van der Waals surface area (Å²) in [6.07, 6.45) is 3.08. The van der Waals surface area contributed by atoms with E-state index in [4.69, 9.17) is 4.74 Å². The zero-order chi connectivity index (χ0) is 21.8. The Morgan fingerprint density at radius 2 is 1.97 bits per heavy atom. The number of anilines is 2. The fourth-order valence-corrected chi connectivity index (χ4v) is 4.54. The molecule has 1 aromatic carbocycles. The Morgan fingerprint density at radius 1 is 1.10 bits per heavy atom. The molecule has 0 saturated heterocycles.